The van der Waals surface area contributed by atoms with Crippen LogP contribution >= 0.6 is 0 Å². The second kappa shape index (κ2) is 10.8. The van der Waals surface area contributed by atoms with Crippen molar-refractivity contribution < 1.29 is 4.79 Å². The average molecular weight is 523 g/mol. The van der Waals surface area contributed by atoms with Crippen molar-refractivity contribution in [3.8, 4) is 0 Å². The molecule has 7 nitrogen and oxygen atoms in total. The van der Waals surface area contributed by atoms with Crippen LogP contribution in [-0.4, -0.2) is 43.4 Å². The average Bonchev–Trinajstić information content (AvgIpc) is 3.33. The molecule has 202 valence electrons. The molecule has 1 saturated heterocycles. The third-order valence-corrected chi connectivity index (χ3v) is 8.43. The number of benzene rings is 1. The van der Waals surface area contributed by atoms with Gasteiger partial charge in [-0.15, -0.1) is 0 Å². The molecule has 0 unspecified atom stereocenters. The topological polar surface area (TPSA) is 75.9 Å². The van der Waals surface area contributed by atoms with Crippen LogP contribution in [0.5, 0.6) is 0 Å². The molecular formula is C32H38N6O. The molecule has 0 bridgehead atoms. The van der Waals surface area contributed by atoms with Crippen LogP contribution < -0.4 is 5.32 Å². The van der Waals surface area contributed by atoms with Gasteiger partial charge in [-0.3, -0.25) is 9.78 Å². The summed E-state index contributed by atoms with van der Waals surface area (Å²) in [5, 5.41) is 4.55. The van der Waals surface area contributed by atoms with Gasteiger partial charge >= 0.3 is 0 Å². The smallest absolute Gasteiger partial charge is 0.253 e. The molecule has 1 aromatic carbocycles. The standard InChI is InChI=1S/C32H38N6O/c1-21-9-11-26(12-10-21)35-32-33-19-28-29(20-38(30(28)36-32)27-7-5-4-6-8-27)24-13-15-37(16-14-24)31(39)25-17-22(2)34-23(3)18-25/h9-12,17-20,24,27H,4-8,13-16H2,1-3H3,(H,33,35,36). The van der Waals surface area contributed by atoms with Gasteiger partial charge < -0.3 is 14.8 Å². The van der Waals surface area contributed by atoms with Gasteiger partial charge in [-0.25, -0.2) is 4.98 Å². The third-order valence-electron chi connectivity index (χ3n) is 8.43. The number of nitrogens with zero attached hydrogens (tertiary/aromatic N) is 5. The van der Waals surface area contributed by atoms with Gasteiger partial charge in [0.05, 0.1) is 0 Å². The van der Waals surface area contributed by atoms with Crippen LogP contribution in [0.4, 0.5) is 11.6 Å². The minimum Gasteiger partial charge on any atom is -0.339 e. The Hall–Kier alpha value is -3.74. The van der Waals surface area contributed by atoms with E-state index in [1.165, 1.54) is 43.2 Å². The zero-order valence-electron chi connectivity index (χ0n) is 23.3. The number of likely N-dealkylation sites (tertiary alicyclic amines) is 1. The van der Waals surface area contributed by atoms with Gasteiger partial charge in [0.15, 0.2) is 0 Å². The molecule has 2 fully saturated rings. The Balaban J connectivity index is 1.26. The summed E-state index contributed by atoms with van der Waals surface area (Å²) in [6.07, 6.45) is 12.5. The van der Waals surface area contributed by atoms with Gasteiger partial charge in [-0.2, -0.15) is 4.98 Å². The zero-order chi connectivity index (χ0) is 26.9. The normalized spacial score (nSPS) is 17.1. The fraction of sp³-hybridized carbons (Fsp3) is 0.438. The van der Waals surface area contributed by atoms with Crippen LogP contribution in [0.15, 0.2) is 48.8 Å². The maximum atomic E-state index is 13.2. The third kappa shape index (κ3) is 5.40. The molecule has 4 heterocycles. The Morgan fingerprint density at radius 3 is 2.28 bits per heavy atom. The minimum absolute atomic E-state index is 0.113. The van der Waals surface area contributed by atoms with E-state index in [0.29, 0.717) is 17.9 Å². The number of fused-ring (bicyclic) bond motifs is 1. The van der Waals surface area contributed by atoms with E-state index >= 15 is 0 Å². The van der Waals surface area contributed by atoms with Crippen molar-refractivity contribution in [2.75, 3.05) is 18.4 Å². The van der Waals surface area contributed by atoms with Gasteiger partial charge in [0, 0.05) is 59.5 Å². The second-order valence-corrected chi connectivity index (χ2v) is 11.4. The lowest BCUT2D eigenvalue weighted by Gasteiger charge is -2.32. The summed E-state index contributed by atoms with van der Waals surface area (Å²) in [6.45, 7) is 7.50. The van der Waals surface area contributed by atoms with Gasteiger partial charge in [0.2, 0.25) is 5.95 Å². The minimum atomic E-state index is 0.113. The van der Waals surface area contributed by atoms with Crippen molar-refractivity contribution in [3.63, 3.8) is 0 Å². The number of aryl methyl sites for hydroxylation is 3. The molecule has 4 aromatic rings. The molecule has 0 atom stereocenters. The fourth-order valence-corrected chi connectivity index (χ4v) is 6.38. The zero-order valence-corrected chi connectivity index (χ0v) is 23.3. The first-order chi connectivity index (χ1) is 18.9. The number of carbonyl (C=O) groups is 1. The lowest BCUT2D eigenvalue weighted by atomic mass is 9.89. The highest BCUT2D eigenvalue weighted by molar-refractivity contribution is 5.94. The highest BCUT2D eigenvalue weighted by Gasteiger charge is 2.29. The first-order valence-electron chi connectivity index (χ1n) is 14.4. The molecular weight excluding hydrogens is 484 g/mol. The number of piperidine rings is 1. The number of amides is 1. The lowest BCUT2D eigenvalue weighted by molar-refractivity contribution is 0.0713. The van der Waals surface area contributed by atoms with E-state index in [-0.39, 0.29) is 5.91 Å². The van der Waals surface area contributed by atoms with Gasteiger partial charge in [-0.1, -0.05) is 37.0 Å². The molecule has 1 amide bonds. The Bertz CT molecular complexity index is 1460. The lowest BCUT2D eigenvalue weighted by Crippen LogP contribution is -2.38. The summed E-state index contributed by atoms with van der Waals surface area (Å²) in [4.78, 5) is 29.5. The number of carbonyl (C=O) groups excluding carboxylic acids is 1. The first-order valence-corrected chi connectivity index (χ1v) is 14.4. The van der Waals surface area contributed by atoms with Crippen molar-refractivity contribution in [2.45, 2.75) is 77.7 Å². The highest BCUT2D eigenvalue weighted by atomic mass is 16.2. The SMILES string of the molecule is Cc1ccc(Nc2ncc3c(C4CCN(C(=O)c5cc(C)nc(C)c5)CC4)cn(C4CCCCC4)c3n2)cc1. The summed E-state index contributed by atoms with van der Waals surface area (Å²) in [5.74, 6) is 1.14. The Kier molecular flexibility index (Phi) is 7.07. The molecule has 39 heavy (non-hydrogen) atoms. The van der Waals surface area contributed by atoms with Crippen molar-refractivity contribution in [1.29, 1.82) is 0 Å². The molecule has 7 heteroatoms. The molecule has 2 aliphatic rings. The van der Waals surface area contributed by atoms with Crippen molar-refractivity contribution in [1.82, 2.24) is 24.4 Å². The van der Waals surface area contributed by atoms with Gasteiger partial charge in [0.1, 0.15) is 5.65 Å². The Labute approximate surface area is 230 Å². The molecule has 0 radical (unpaired) electrons. The quantitative estimate of drug-likeness (QED) is 0.305. The predicted octanol–water partition coefficient (Wildman–Crippen LogP) is 7.02. The maximum Gasteiger partial charge on any atom is 0.253 e. The number of hydrogen-bond acceptors (Lipinski definition) is 5. The van der Waals surface area contributed by atoms with Crippen LogP contribution in [-0.2, 0) is 0 Å². The number of nitrogens with one attached hydrogen (secondary N) is 1. The largest absolute Gasteiger partial charge is 0.339 e. The summed E-state index contributed by atoms with van der Waals surface area (Å²) < 4.78 is 2.44. The monoisotopic (exact) mass is 522 g/mol. The summed E-state index contributed by atoms with van der Waals surface area (Å²) in [6, 6.07) is 12.6. The number of aromatic nitrogens is 4. The number of rotatable bonds is 5. The Morgan fingerprint density at radius 2 is 1.59 bits per heavy atom. The van der Waals surface area contributed by atoms with Crippen LogP contribution in [0, 0.1) is 20.8 Å². The molecule has 1 aliphatic heterocycles. The summed E-state index contributed by atoms with van der Waals surface area (Å²) in [5.41, 5.74) is 7.11. The Morgan fingerprint density at radius 1 is 0.897 bits per heavy atom. The fourth-order valence-electron chi connectivity index (χ4n) is 6.38. The summed E-state index contributed by atoms with van der Waals surface area (Å²) >= 11 is 0. The van der Waals surface area contributed by atoms with Crippen LogP contribution in [0.25, 0.3) is 11.0 Å². The molecule has 0 spiro atoms. The maximum absolute atomic E-state index is 13.2. The summed E-state index contributed by atoms with van der Waals surface area (Å²) in [7, 11) is 0. The van der Waals surface area contributed by atoms with Gasteiger partial charge in [-0.05, 0) is 82.2 Å². The molecule has 6 rings (SSSR count). The van der Waals surface area contributed by atoms with Crippen LogP contribution in [0.1, 0.15) is 89.8 Å². The molecule has 1 saturated carbocycles. The van der Waals surface area contributed by atoms with Crippen LogP contribution in [0.2, 0.25) is 0 Å². The molecule has 1 aliphatic carbocycles. The van der Waals surface area contributed by atoms with Gasteiger partial charge in [0.25, 0.3) is 5.91 Å². The second-order valence-electron chi connectivity index (χ2n) is 11.4. The van der Waals surface area contributed by atoms with Crippen LogP contribution in [0.3, 0.4) is 0 Å². The highest BCUT2D eigenvalue weighted by Crippen LogP contribution is 2.38. The van der Waals surface area contributed by atoms with Crippen molar-refractivity contribution in [3.05, 3.63) is 76.9 Å². The van der Waals surface area contributed by atoms with Crippen molar-refractivity contribution >= 4 is 28.6 Å². The number of anilines is 2. The van der Waals surface area contributed by atoms with E-state index in [1.54, 1.807) is 0 Å². The van der Waals surface area contributed by atoms with Crippen molar-refractivity contribution in [2.24, 2.45) is 0 Å². The van der Waals surface area contributed by atoms with E-state index < -0.39 is 0 Å². The van der Waals surface area contributed by atoms with E-state index in [9.17, 15) is 4.79 Å². The molecule has 1 N–H and O–H groups in total. The van der Waals surface area contributed by atoms with E-state index in [0.717, 1.165) is 59.6 Å². The van der Waals surface area contributed by atoms with E-state index in [1.807, 2.05) is 37.1 Å². The predicted molar refractivity (Wildman–Crippen MR) is 156 cm³/mol. The van der Waals surface area contributed by atoms with E-state index in [4.69, 9.17) is 9.97 Å². The van der Waals surface area contributed by atoms with E-state index in [2.05, 4.69) is 52.3 Å². The first kappa shape index (κ1) is 25.5. The number of pyridine rings is 1. The number of hydrogen-bond donors (Lipinski definition) is 1. The molecule has 3 aromatic heterocycles.